The van der Waals surface area contributed by atoms with Crippen LogP contribution in [-0.4, -0.2) is 61.4 Å². The number of nitrogens with zero attached hydrogens (tertiary/aromatic N) is 3. The van der Waals surface area contributed by atoms with Crippen LogP contribution in [0.2, 0.25) is 0 Å². The number of methoxy groups -OCH3 is 2. The molecule has 0 N–H and O–H groups in total. The summed E-state index contributed by atoms with van der Waals surface area (Å²) >= 11 is 1.23. The van der Waals surface area contributed by atoms with E-state index >= 15 is 0 Å². The lowest BCUT2D eigenvalue weighted by Gasteiger charge is -2.26. The Morgan fingerprint density at radius 1 is 1.05 bits per heavy atom. The average Bonchev–Trinajstić information content (AvgIpc) is 3.64. The molecule has 1 atom stereocenters. The van der Waals surface area contributed by atoms with Crippen molar-refractivity contribution in [3.05, 3.63) is 84.5 Å². The minimum Gasteiger partial charge on any atom is -0.497 e. The Bertz CT molecular complexity index is 1730. The van der Waals surface area contributed by atoms with E-state index in [2.05, 4.69) is 4.99 Å². The second kappa shape index (κ2) is 12.9. The number of hydrogen-bond donors (Lipinski definition) is 0. The smallest absolute Gasteiger partial charge is 0.338 e. The van der Waals surface area contributed by atoms with Gasteiger partial charge in [0.15, 0.2) is 11.4 Å². The van der Waals surface area contributed by atoms with Gasteiger partial charge in [-0.25, -0.2) is 9.79 Å². The van der Waals surface area contributed by atoms with Gasteiger partial charge in [0.1, 0.15) is 23.3 Å². The third-order valence-corrected chi connectivity index (χ3v) is 8.30. The molecular weight excluding hydrogens is 570 g/mol. The van der Waals surface area contributed by atoms with Gasteiger partial charge in [-0.15, -0.1) is 0 Å². The van der Waals surface area contributed by atoms with Gasteiger partial charge in [-0.05, 0) is 75.6 Å². The summed E-state index contributed by atoms with van der Waals surface area (Å²) in [5.74, 6) is 1.04. The topological polar surface area (TPSA) is 109 Å². The van der Waals surface area contributed by atoms with Crippen molar-refractivity contribution >= 4 is 29.3 Å². The summed E-state index contributed by atoms with van der Waals surface area (Å²) in [7, 11) is 3.08. The van der Waals surface area contributed by atoms with E-state index in [-0.39, 0.29) is 29.8 Å². The second-order valence-corrected chi connectivity index (χ2v) is 11.6. The van der Waals surface area contributed by atoms with Crippen molar-refractivity contribution in [2.45, 2.75) is 45.8 Å². The molecule has 2 aliphatic rings. The Kier molecular flexibility index (Phi) is 9.00. The van der Waals surface area contributed by atoms with E-state index in [0.29, 0.717) is 37.8 Å². The largest absolute Gasteiger partial charge is 0.497 e. The molecule has 43 heavy (non-hydrogen) atoms. The lowest BCUT2D eigenvalue weighted by molar-refractivity contribution is -0.143. The zero-order chi connectivity index (χ0) is 30.7. The molecular formula is C32H35N3O7S. The highest BCUT2D eigenvalue weighted by molar-refractivity contribution is 7.07. The molecule has 2 aliphatic heterocycles. The van der Waals surface area contributed by atoms with E-state index in [4.69, 9.17) is 18.9 Å². The molecule has 0 radical (unpaired) electrons. The SMILES string of the molecule is COc1ccc(OC)c([C@H]2C(C(=O)OC(C)C)=C(C)N=c3s/c(=C\c4ccc(OCC(=O)N5CCCC5)cc4)c(=O)n32)c1. The van der Waals surface area contributed by atoms with Crippen molar-refractivity contribution < 1.29 is 28.5 Å². The van der Waals surface area contributed by atoms with Crippen molar-refractivity contribution in [1.82, 2.24) is 9.47 Å². The molecule has 1 amide bonds. The summed E-state index contributed by atoms with van der Waals surface area (Å²) in [6.45, 7) is 6.83. The molecule has 3 aromatic rings. The van der Waals surface area contributed by atoms with Crippen molar-refractivity contribution in [3.63, 3.8) is 0 Å². The maximum Gasteiger partial charge on any atom is 0.338 e. The third-order valence-electron chi connectivity index (χ3n) is 7.31. The quantitative estimate of drug-likeness (QED) is 0.345. The van der Waals surface area contributed by atoms with Crippen LogP contribution in [0, 0.1) is 0 Å². The number of allylic oxidation sites excluding steroid dienone is 1. The second-order valence-electron chi connectivity index (χ2n) is 10.6. The van der Waals surface area contributed by atoms with Crippen LogP contribution in [0.25, 0.3) is 6.08 Å². The van der Waals surface area contributed by atoms with Crippen LogP contribution in [0.5, 0.6) is 17.2 Å². The van der Waals surface area contributed by atoms with Crippen LogP contribution in [0.3, 0.4) is 0 Å². The van der Waals surface area contributed by atoms with Crippen molar-refractivity contribution in [2.24, 2.45) is 4.99 Å². The Morgan fingerprint density at radius 3 is 2.40 bits per heavy atom. The fourth-order valence-electron chi connectivity index (χ4n) is 5.22. The third kappa shape index (κ3) is 6.36. The molecule has 10 nitrogen and oxygen atoms in total. The highest BCUT2D eigenvalue weighted by Gasteiger charge is 2.35. The average molecular weight is 606 g/mol. The van der Waals surface area contributed by atoms with Gasteiger partial charge >= 0.3 is 5.97 Å². The van der Waals surface area contributed by atoms with Gasteiger partial charge in [0.25, 0.3) is 11.5 Å². The number of esters is 1. The normalized spacial score (nSPS) is 16.7. The number of carbonyl (C=O) groups is 2. The van der Waals surface area contributed by atoms with E-state index < -0.39 is 12.0 Å². The maximum absolute atomic E-state index is 14.0. The highest BCUT2D eigenvalue weighted by Crippen LogP contribution is 2.38. The van der Waals surface area contributed by atoms with Crippen molar-refractivity contribution in [2.75, 3.05) is 33.9 Å². The molecule has 226 valence electrons. The molecule has 1 fully saturated rings. The van der Waals surface area contributed by atoms with Gasteiger partial charge in [0.2, 0.25) is 0 Å². The number of thiazole rings is 1. The lowest BCUT2D eigenvalue weighted by Crippen LogP contribution is -2.40. The molecule has 3 heterocycles. The fraction of sp³-hybridized carbons (Fsp3) is 0.375. The van der Waals surface area contributed by atoms with Crippen LogP contribution in [0.1, 0.15) is 50.8 Å². The van der Waals surface area contributed by atoms with Crippen LogP contribution >= 0.6 is 11.3 Å². The Hall–Kier alpha value is -4.38. The fourth-order valence-corrected chi connectivity index (χ4v) is 6.27. The van der Waals surface area contributed by atoms with Gasteiger partial charge in [0.05, 0.1) is 36.1 Å². The number of aromatic nitrogens is 1. The summed E-state index contributed by atoms with van der Waals surface area (Å²) in [6.07, 6.45) is 3.47. The molecule has 0 spiro atoms. The monoisotopic (exact) mass is 605 g/mol. The summed E-state index contributed by atoms with van der Waals surface area (Å²) < 4.78 is 24.4. The Morgan fingerprint density at radius 2 is 1.74 bits per heavy atom. The van der Waals surface area contributed by atoms with Crippen molar-refractivity contribution in [1.29, 1.82) is 0 Å². The van der Waals surface area contributed by atoms with E-state index in [0.717, 1.165) is 31.5 Å². The zero-order valence-corrected chi connectivity index (χ0v) is 25.7. The van der Waals surface area contributed by atoms with Gasteiger partial charge < -0.3 is 23.8 Å². The lowest BCUT2D eigenvalue weighted by atomic mass is 9.94. The standard InChI is InChI=1S/C32H35N3O7S/c1-19(2)42-31(38)28-20(3)33-32-35(29(28)24-17-23(39-4)12-13-25(24)40-5)30(37)26(43-32)16-21-8-10-22(11-9-21)41-18-27(36)34-14-6-7-15-34/h8-13,16-17,19,29H,6-7,14-15,18H2,1-5H3/b26-16-/t29-/m0/s1. The Labute approximate surface area is 253 Å². The first-order valence-corrected chi connectivity index (χ1v) is 15.0. The number of rotatable bonds is 9. The van der Waals surface area contributed by atoms with E-state index in [1.807, 2.05) is 17.0 Å². The molecule has 0 unspecified atom stereocenters. The molecule has 0 bridgehead atoms. The molecule has 1 aromatic heterocycles. The molecule has 5 rings (SSSR count). The Balaban J connectivity index is 1.52. The number of benzene rings is 2. The van der Waals surface area contributed by atoms with Gasteiger partial charge in [-0.2, -0.15) is 0 Å². The number of likely N-dealkylation sites (tertiary alicyclic amines) is 1. The first-order chi connectivity index (χ1) is 20.7. The van der Waals surface area contributed by atoms with Gasteiger partial charge in [-0.1, -0.05) is 23.5 Å². The summed E-state index contributed by atoms with van der Waals surface area (Å²) in [5, 5.41) is 0. The highest BCUT2D eigenvalue weighted by atomic mass is 32.1. The number of hydrogen-bond acceptors (Lipinski definition) is 9. The van der Waals surface area contributed by atoms with E-state index in [1.54, 1.807) is 64.3 Å². The van der Waals surface area contributed by atoms with E-state index in [1.165, 1.54) is 23.0 Å². The van der Waals surface area contributed by atoms with Crippen LogP contribution in [0.4, 0.5) is 0 Å². The first kappa shape index (κ1) is 30.1. The van der Waals surface area contributed by atoms with Crippen LogP contribution < -0.4 is 29.1 Å². The predicted octanol–water partition coefficient (Wildman–Crippen LogP) is 3.21. The van der Waals surface area contributed by atoms with E-state index in [9.17, 15) is 14.4 Å². The van der Waals surface area contributed by atoms with Gasteiger partial charge in [-0.3, -0.25) is 14.2 Å². The molecule has 0 saturated carbocycles. The molecule has 1 saturated heterocycles. The minimum atomic E-state index is -0.848. The summed E-state index contributed by atoms with van der Waals surface area (Å²) in [5.41, 5.74) is 1.75. The predicted molar refractivity (Wildman–Crippen MR) is 162 cm³/mol. The summed E-state index contributed by atoms with van der Waals surface area (Å²) in [4.78, 5) is 46.6. The maximum atomic E-state index is 14.0. The van der Waals surface area contributed by atoms with Crippen molar-refractivity contribution in [3.8, 4) is 17.2 Å². The molecule has 0 aliphatic carbocycles. The zero-order valence-electron chi connectivity index (χ0n) is 24.9. The molecule has 11 heteroatoms. The number of fused-ring (bicyclic) bond motifs is 1. The van der Waals surface area contributed by atoms with Crippen LogP contribution in [-0.2, 0) is 14.3 Å². The van der Waals surface area contributed by atoms with Gasteiger partial charge in [0, 0.05) is 18.7 Å². The van der Waals surface area contributed by atoms with Crippen LogP contribution in [0.15, 0.2) is 63.5 Å². The number of amides is 1. The summed E-state index contributed by atoms with van der Waals surface area (Å²) in [6, 6.07) is 11.6. The number of ether oxygens (including phenoxy) is 4. The first-order valence-electron chi connectivity index (χ1n) is 14.2. The molecule has 2 aromatic carbocycles. The number of carbonyl (C=O) groups excluding carboxylic acids is 2. The minimum absolute atomic E-state index is 0.00733.